The number of morpholine rings is 1. The van der Waals surface area contributed by atoms with Gasteiger partial charge in [0.05, 0.1) is 12.8 Å². The van der Waals surface area contributed by atoms with Crippen LogP contribution in [0.5, 0.6) is 0 Å². The third-order valence-electron chi connectivity index (χ3n) is 4.14. The van der Waals surface area contributed by atoms with Crippen molar-refractivity contribution in [3.8, 4) is 0 Å². The van der Waals surface area contributed by atoms with Gasteiger partial charge in [-0.15, -0.1) is 0 Å². The monoisotopic (exact) mass is 332 g/mol. The van der Waals surface area contributed by atoms with Crippen molar-refractivity contribution in [3.63, 3.8) is 0 Å². The van der Waals surface area contributed by atoms with Gasteiger partial charge in [0, 0.05) is 56.4 Å². The van der Waals surface area contributed by atoms with E-state index in [9.17, 15) is 0 Å². The van der Waals surface area contributed by atoms with E-state index in [1.165, 1.54) is 5.56 Å². The molecule has 0 aliphatic carbocycles. The van der Waals surface area contributed by atoms with Gasteiger partial charge in [0.1, 0.15) is 11.9 Å². The first-order chi connectivity index (χ1) is 11.6. The zero-order chi connectivity index (χ0) is 16.9. The van der Waals surface area contributed by atoms with Crippen molar-refractivity contribution in [3.05, 3.63) is 35.7 Å². The summed E-state index contributed by atoms with van der Waals surface area (Å²) in [6.07, 6.45) is 7.15. The topological polar surface area (TPSA) is 62.2 Å². The minimum absolute atomic E-state index is 0.0142. The minimum atomic E-state index is 0.0142. The lowest BCUT2D eigenvalue weighted by atomic mass is 10.2. The van der Waals surface area contributed by atoms with Crippen molar-refractivity contribution in [2.75, 3.05) is 33.8 Å². The van der Waals surface area contributed by atoms with Gasteiger partial charge in [0.25, 0.3) is 0 Å². The Morgan fingerprint density at radius 2 is 2.25 bits per heavy atom. The van der Waals surface area contributed by atoms with Gasteiger partial charge in [0.2, 0.25) is 0 Å². The number of imidazole rings is 1. The van der Waals surface area contributed by atoms with Crippen LogP contribution in [0.3, 0.4) is 0 Å². The third kappa shape index (κ3) is 4.43. The van der Waals surface area contributed by atoms with E-state index in [0.717, 1.165) is 57.3 Å². The standard InChI is InChI=1S/C17H28N6O/c1-4-5-23-11-14(8-19-23)10-22-6-7-24-16(13-22)17-18-9-15(20-17)12-21(2)3/h8-9,11,16H,4-7,10,12-13H2,1-3H3,(H,18,20). The van der Waals surface area contributed by atoms with E-state index in [0.29, 0.717) is 0 Å². The van der Waals surface area contributed by atoms with Gasteiger partial charge in [-0.1, -0.05) is 6.92 Å². The molecule has 0 saturated carbocycles. The lowest BCUT2D eigenvalue weighted by molar-refractivity contribution is -0.0369. The van der Waals surface area contributed by atoms with Crippen molar-refractivity contribution >= 4 is 0 Å². The number of aromatic amines is 1. The Labute approximate surface area is 143 Å². The first-order valence-corrected chi connectivity index (χ1v) is 8.68. The first-order valence-electron chi connectivity index (χ1n) is 8.68. The predicted octanol–water partition coefficient (Wildman–Crippen LogP) is 1.65. The highest BCUT2D eigenvalue weighted by Gasteiger charge is 2.24. The second-order valence-electron chi connectivity index (χ2n) is 6.74. The van der Waals surface area contributed by atoms with Crippen LogP contribution in [-0.4, -0.2) is 63.3 Å². The highest BCUT2D eigenvalue weighted by Crippen LogP contribution is 2.21. The SMILES string of the molecule is CCCn1cc(CN2CCOC(c3ncc(CN(C)C)[nH]3)C2)cn1. The van der Waals surface area contributed by atoms with Gasteiger partial charge in [-0.05, 0) is 20.5 Å². The van der Waals surface area contributed by atoms with Crippen molar-refractivity contribution in [1.82, 2.24) is 29.5 Å². The summed E-state index contributed by atoms with van der Waals surface area (Å²) in [4.78, 5) is 12.4. The quantitative estimate of drug-likeness (QED) is 0.835. The Morgan fingerprint density at radius 3 is 3.04 bits per heavy atom. The number of rotatable bonds is 7. The smallest absolute Gasteiger partial charge is 0.136 e. The molecule has 24 heavy (non-hydrogen) atoms. The molecule has 1 unspecified atom stereocenters. The second-order valence-corrected chi connectivity index (χ2v) is 6.74. The van der Waals surface area contributed by atoms with Crippen LogP contribution in [0.1, 0.15) is 36.5 Å². The zero-order valence-electron chi connectivity index (χ0n) is 14.9. The summed E-state index contributed by atoms with van der Waals surface area (Å²) in [6, 6.07) is 0. The fourth-order valence-electron chi connectivity index (χ4n) is 3.07. The molecule has 7 nitrogen and oxygen atoms in total. The Hall–Kier alpha value is -1.70. The Bertz CT molecular complexity index is 635. The van der Waals surface area contributed by atoms with Crippen molar-refractivity contribution in [2.24, 2.45) is 0 Å². The second kappa shape index (κ2) is 7.92. The predicted molar refractivity (Wildman–Crippen MR) is 92.5 cm³/mol. The maximum atomic E-state index is 5.92. The van der Waals surface area contributed by atoms with Gasteiger partial charge in [-0.3, -0.25) is 9.58 Å². The van der Waals surface area contributed by atoms with Crippen molar-refractivity contribution in [2.45, 2.75) is 39.1 Å². The van der Waals surface area contributed by atoms with Crippen molar-refractivity contribution in [1.29, 1.82) is 0 Å². The summed E-state index contributed by atoms with van der Waals surface area (Å²) in [7, 11) is 4.11. The maximum Gasteiger partial charge on any atom is 0.136 e. The largest absolute Gasteiger partial charge is 0.368 e. The normalized spacial score (nSPS) is 19.2. The average molecular weight is 332 g/mol. The third-order valence-corrected chi connectivity index (χ3v) is 4.14. The Morgan fingerprint density at radius 1 is 1.38 bits per heavy atom. The van der Waals surface area contributed by atoms with Crippen molar-refractivity contribution < 1.29 is 4.74 Å². The molecule has 0 spiro atoms. The Kier molecular flexibility index (Phi) is 5.65. The molecule has 2 aromatic heterocycles. The summed E-state index contributed by atoms with van der Waals surface area (Å²) >= 11 is 0. The molecule has 1 aliphatic heterocycles. The number of hydrogen-bond acceptors (Lipinski definition) is 5. The van der Waals surface area contributed by atoms with Crippen LogP contribution in [0.4, 0.5) is 0 Å². The molecular formula is C17H28N6O. The fourth-order valence-corrected chi connectivity index (χ4v) is 3.07. The highest BCUT2D eigenvalue weighted by molar-refractivity contribution is 5.07. The minimum Gasteiger partial charge on any atom is -0.368 e. The molecule has 3 rings (SSSR count). The molecule has 1 N–H and O–H groups in total. The van der Waals surface area contributed by atoms with Crippen LogP contribution in [0.2, 0.25) is 0 Å². The summed E-state index contributed by atoms with van der Waals surface area (Å²) in [6.45, 7) is 7.45. The van der Waals surface area contributed by atoms with Gasteiger partial charge in [-0.2, -0.15) is 5.10 Å². The molecule has 3 heterocycles. The van der Waals surface area contributed by atoms with Crippen LogP contribution < -0.4 is 0 Å². The van der Waals surface area contributed by atoms with E-state index < -0.39 is 0 Å². The number of ether oxygens (including phenoxy) is 1. The van der Waals surface area contributed by atoms with Gasteiger partial charge >= 0.3 is 0 Å². The summed E-state index contributed by atoms with van der Waals surface area (Å²) in [5.74, 6) is 0.929. The zero-order valence-corrected chi connectivity index (χ0v) is 14.9. The average Bonchev–Trinajstić information content (AvgIpc) is 3.17. The number of hydrogen-bond donors (Lipinski definition) is 1. The molecule has 0 radical (unpaired) electrons. The van der Waals surface area contributed by atoms with Crippen LogP contribution >= 0.6 is 0 Å². The van der Waals surface area contributed by atoms with Gasteiger partial charge < -0.3 is 14.6 Å². The number of H-pyrrole nitrogens is 1. The van der Waals surface area contributed by atoms with E-state index in [-0.39, 0.29) is 6.10 Å². The number of nitrogens with zero attached hydrogens (tertiary/aromatic N) is 5. The molecule has 1 saturated heterocycles. The number of nitrogens with one attached hydrogen (secondary N) is 1. The molecule has 7 heteroatoms. The molecule has 132 valence electrons. The first kappa shape index (κ1) is 17.1. The molecule has 0 aromatic carbocycles. The molecule has 0 amide bonds. The van der Waals surface area contributed by atoms with Crippen LogP contribution in [0.25, 0.3) is 0 Å². The van der Waals surface area contributed by atoms with E-state index in [2.05, 4.69) is 52.1 Å². The molecule has 1 fully saturated rings. The summed E-state index contributed by atoms with van der Waals surface area (Å²) in [5, 5.41) is 4.42. The van der Waals surface area contributed by atoms with Crippen LogP contribution in [0.15, 0.2) is 18.6 Å². The van der Waals surface area contributed by atoms with Crippen LogP contribution in [-0.2, 0) is 24.4 Å². The van der Waals surface area contributed by atoms with E-state index >= 15 is 0 Å². The summed E-state index contributed by atoms with van der Waals surface area (Å²) < 4.78 is 7.95. The summed E-state index contributed by atoms with van der Waals surface area (Å²) in [5.41, 5.74) is 2.38. The highest BCUT2D eigenvalue weighted by atomic mass is 16.5. The van der Waals surface area contributed by atoms with Gasteiger partial charge in [-0.25, -0.2) is 4.98 Å². The van der Waals surface area contributed by atoms with Crippen LogP contribution in [0, 0.1) is 0 Å². The van der Waals surface area contributed by atoms with E-state index in [1.807, 2.05) is 17.1 Å². The molecular weight excluding hydrogens is 304 g/mol. The lowest BCUT2D eigenvalue weighted by Crippen LogP contribution is -2.38. The van der Waals surface area contributed by atoms with E-state index in [1.54, 1.807) is 0 Å². The van der Waals surface area contributed by atoms with E-state index in [4.69, 9.17) is 4.74 Å². The number of aromatic nitrogens is 4. The Balaban J connectivity index is 1.58. The van der Waals surface area contributed by atoms with Gasteiger partial charge in [0.15, 0.2) is 0 Å². The molecule has 1 aliphatic rings. The molecule has 1 atom stereocenters. The maximum absolute atomic E-state index is 5.92. The number of aryl methyl sites for hydroxylation is 1. The molecule has 0 bridgehead atoms. The fraction of sp³-hybridized carbons (Fsp3) is 0.647. The molecule has 2 aromatic rings. The lowest BCUT2D eigenvalue weighted by Gasteiger charge is -2.31.